The van der Waals surface area contributed by atoms with Gasteiger partial charge in [0.05, 0.1) is 11.4 Å². The summed E-state index contributed by atoms with van der Waals surface area (Å²) in [5.74, 6) is 0.656. The van der Waals surface area contributed by atoms with E-state index >= 15 is 0 Å². The summed E-state index contributed by atoms with van der Waals surface area (Å²) in [6, 6.07) is 5.91. The monoisotopic (exact) mass is 336 g/mol. The van der Waals surface area contributed by atoms with Crippen molar-refractivity contribution in [3.05, 3.63) is 39.6 Å². The summed E-state index contributed by atoms with van der Waals surface area (Å²) in [5.41, 5.74) is 8.44. The van der Waals surface area contributed by atoms with Crippen molar-refractivity contribution in [3.8, 4) is 11.8 Å². The first-order chi connectivity index (χ1) is 9.67. The van der Waals surface area contributed by atoms with E-state index in [1.807, 2.05) is 32.0 Å². The lowest BCUT2D eigenvalue weighted by Gasteiger charge is -2.10. The number of nitrogens with zero attached hydrogens (tertiary/aromatic N) is 3. The van der Waals surface area contributed by atoms with Crippen LogP contribution in [0.1, 0.15) is 30.8 Å². The van der Waals surface area contributed by atoms with Gasteiger partial charge < -0.3 is 10.5 Å². The number of rotatable bonds is 5. The number of aryl methyl sites for hydroxylation is 2. The highest BCUT2D eigenvalue weighted by molar-refractivity contribution is 9.10. The molecule has 0 atom stereocenters. The second-order valence-electron chi connectivity index (χ2n) is 4.25. The van der Waals surface area contributed by atoms with Crippen LogP contribution < -0.4 is 10.5 Å². The molecule has 0 spiro atoms. The zero-order valence-electron chi connectivity index (χ0n) is 11.6. The van der Waals surface area contributed by atoms with Gasteiger partial charge in [-0.25, -0.2) is 0 Å². The highest BCUT2D eigenvalue weighted by atomic mass is 79.9. The molecule has 0 aliphatic heterocycles. The molecule has 0 aliphatic carbocycles. The Balaban J connectivity index is 2.30. The first-order valence-electron chi connectivity index (χ1n) is 6.56. The number of halogens is 1. The quantitative estimate of drug-likeness (QED) is 0.908. The fourth-order valence-electron chi connectivity index (χ4n) is 1.87. The third kappa shape index (κ3) is 3.32. The predicted octanol–water partition coefficient (Wildman–Crippen LogP) is 3.01. The van der Waals surface area contributed by atoms with Crippen molar-refractivity contribution in [2.45, 2.75) is 33.2 Å². The minimum Gasteiger partial charge on any atom is -0.423 e. The van der Waals surface area contributed by atoms with E-state index in [9.17, 15) is 0 Å². The molecule has 2 N–H and O–H groups in total. The third-order valence-electron chi connectivity index (χ3n) is 2.93. The third-order valence-corrected chi connectivity index (χ3v) is 3.43. The van der Waals surface area contributed by atoms with Crippen LogP contribution in [0.25, 0.3) is 0 Å². The number of aromatic nitrogens is 3. The van der Waals surface area contributed by atoms with Crippen LogP contribution in [-0.4, -0.2) is 15.2 Å². The van der Waals surface area contributed by atoms with Crippen LogP contribution in [-0.2, 0) is 19.4 Å². The summed E-state index contributed by atoms with van der Waals surface area (Å²) in [6.45, 7) is 4.46. The average molecular weight is 337 g/mol. The lowest BCUT2D eigenvalue weighted by molar-refractivity contribution is 0.423. The lowest BCUT2D eigenvalue weighted by Crippen LogP contribution is -2.06. The Morgan fingerprint density at radius 2 is 1.90 bits per heavy atom. The largest absolute Gasteiger partial charge is 0.423 e. The van der Waals surface area contributed by atoms with Gasteiger partial charge in [-0.2, -0.15) is 4.98 Å². The van der Waals surface area contributed by atoms with Gasteiger partial charge in [0.2, 0.25) is 0 Å². The molecule has 6 heteroatoms. The molecule has 0 unspecified atom stereocenters. The Morgan fingerprint density at radius 1 is 1.15 bits per heavy atom. The summed E-state index contributed by atoms with van der Waals surface area (Å²) in [4.78, 5) is 4.41. The van der Waals surface area contributed by atoms with E-state index in [1.165, 1.54) is 0 Å². The Morgan fingerprint density at radius 3 is 2.55 bits per heavy atom. The molecule has 0 fully saturated rings. The van der Waals surface area contributed by atoms with Crippen molar-refractivity contribution in [2.24, 2.45) is 5.73 Å². The smallest absolute Gasteiger partial charge is 0.341 e. The van der Waals surface area contributed by atoms with Gasteiger partial charge in [-0.05, 0) is 31.0 Å². The normalized spacial score (nSPS) is 10.6. The molecule has 20 heavy (non-hydrogen) atoms. The van der Waals surface area contributed by atoms with E-state index in [-0.39, 0.29) is 6.01 Å². The molecular weight excluding hydrogens is 320 g/mol. The molecule has 0 saturated heterocycles. The molecule has 0 aliphatic rings. The van der Waals surface area contributed by atoms with E-state index in [1.54, 1.807) is 0 Å². The van der Waals surface area contributed by atoms with Crippen molar-refractivity contribution >= 4 is 15.9 Å². The fourth-order valence-corrected chi connectivity index (χ4v) is 2.28. The molecule has 1 aromatic carbocycles. The van der Waals surface area contributed by atoms with E-state index in [4.69, 9.17) is 10.5 Å². The van der Waals surface area contributed by atoms with Crippen molar-refractivity contribution in [1.29, 1.82) is 0 Å². The zero-order valence-corrected chi connectivity index (χ0v) is 13.1. The number of ether oxygens (including phenoxy) is 1. The standard InChI is InChI=1S/C14H17BrN4O/c1-3-11-12(4-2)18-19-14(17-11)20-13-6-5-10(15)7-9(13)8-16/h5-7H,3-4,8,16H2,1-2H3. The summed E-state index contributed by atoms with van der Waals surface area (Å²) >= 11 is 3.41. The van der Waals surface area contributed by atoms with E-state index in [0.29, 0.717) is 12.3 Å². The minimum absolute atomic E-state index is 0.260. The first-order valence-corrected chi connectivity index (χ1v) is 7.36. The number of hydrogen-bond acceptors (Lipinski definition) is 5. The van der Waals surface area contributed by atoms with Gasteiger partial charge in [0.25, 0.3) is 0 Å². The summed E-state index contributed by atoms with van der Waals surface area (Å²) in [5, 5.41) is 8.17. The van der Waals surface area contributed by atoms with Gasteiger partial charge in [-0.1, -0.05) is 34.9 Å². The van der Waals surface area contributed by atoms with Crippen LogP contribution in [0, 0.1) is 0 Å². The van der Waals surface area contributed by atoms with Gasteiger partial charge in [-0.3, -0.25) is 0 Å². The minimum atomic E-state index is 0.260. The van der Waals surface area contributed by atoms with Gasteiger partial charge >= 0.3 is 6.01 Å². The molecule has 106 valence electrons. The first kappa shape index (κ1) is 14.9. The van der Waals surface area contributed by atoms with Crippen molar-refractivity contribution in [2.75, 3.05) is 0 Å². The van der Waals surface area contributed by atoms with E-state index in [2.05, 4.69) is 31.1 Å². The Hall–Kier alpha value is -1.53. The number of nitrogens with two attached hydrogens (primary N) is 1. The second kappa shape index (κ2) is 6.76. The Labute approximate surface area is 126 Å². The zero-order chi connectivity index (χ0) is 14.5. The maximum Gasteiger partial charge on any atom is 0.341 e. The molecule has 2 rings (SSSR count). The Bertz CT molecular complexity index is 604. The predicted molar refractivity (Wildman–Crippen MR) is 80.7 cm³/mol. The van der Waals surface area contributed by atoms with E-state index < -0.39 is 0 Å². The van der Waals surface area contributed by atoms with Crippen LogP contribution in [0.15, 0.2) is 22.7 Å². The topological polar surface area (TPSA) is 73.9 Å². The second-order valence-corrected chi connectivity index (χ2v) is 5.17. The molecule has 1 aromatic heterocycles. The number of hydrogen-bond donors (Lipinski definition) is 1. The number of benzene rings is 1. The summed E-state index contributed by atoms with van der Waals surface area (Å²) in [7, 11) is 0. The van der Waals surface area contributed by atoms with Gasteiger partial charge in [0.1, 0.15) is 5.75 Å². The molecule has 5 nitrogen and oxygen atoms in total. The average Bonchev–Trinajstić information content (AvgIpc) is 2.48. The van der Waals surface area contributed by atoms with Crippen molar-refractivity contribution in [3.63, 3.8) is 0 Å². The SMILES string of the molecule is CCc1nnc(Oc2ccc(Br)cc2CN)nc1CC. The van der Waals surface area contributed by atoms with Crippen LogP contribution in [0.3, 0.4) is 0 Å². The van der Waals surface area contributed by atoms with Gasteiger partial charge in [0, 0.05) is 16.6 Å². The van der Waals surface area contributed by atoms with Gasteiger partial charge in [0.15, 0.2) is 0 Å². The molecular formula is C14H17BrN4O. The van der Waals surface area contributed by atoms with Crippen molar-refractivity contribution < 1.29 is 4.74 Å². The summed E-state index contributed by atoms with van der Waals surface area (Å²) in [6.07, 6.45) is 1.62. The maximum atomic E-state index is 5.72. The highest BCUT2D eigenvalue weighted by Gasteiger charge is 2.10. The highest BCUT2D eigenvalue weighted by Crippen LogP contribution is 2.26. The molecule has 1 heterocycles. The van der Waals surface area contributed by atoms with Crippen LogP contribution in [0.2, 0.25) is 0 Å². The van der Waals surface area contributed by atoms with Crippen LogP contribution >= 0.6 is 15.9 Å². The van der Waals surface area contributed by atoms with E-state index in [0.717, 1.165) is 34.3 Å². The van der Waals surface area contributed by atoms with Crippen LogP contribution in [0.5, 0.6) is 11.8 Å². The van der Waals surface area contributed by atoms with Gasteiger partial charge in [-0.15, -0.1) is 5.10 Å². The molecule has 0 saturated carbocycles. The Kier molecular flexibility index (Phi) is 5.03. The lowest BCUT2D eigenvalue weighted by atomic mass is 10.2. The molecule has 2 aromatic rings. The maximum absolute atomic E-state index is 5.72. The molecule has 0 amide bonds. The summed E-state index contributed by atoms with van der Waals surface area (Å²) < 4.78 is 6.67. The van der Waals surface area contributed by atoms with Crippen LogP contribution in [0.4, 0.5) is 0 Å². The fraction of sp³-hybridized carbons (Fsp3) is 0.357. The molecule has 0 bridgehead atoms. The molecule has 0 radical (unpaired) electrons. The van der Waals surface area contributed by atoms with Crippen molar-refractivity contribution in [1.82, 2.24) is 15.2 Å².